The molecule has 0 aromatic rings. The summed E-state index contributed by atoms with van der Waals surface area (Å²) in [6.45, 7) is 9.89. The maximum atomic E-state index is 13.5. The molecule has 2 saturated heterocycles. The molecular formula is C24H30O6. The molecule has 6 rings (SSSR count). The zero-order chi connectivity index (χ0) is 21.2. The molecule has 6 nitrogen and oxygen atoms in total. The minimum atomic E-state index is -0.760. The van der Waals surface area contributed by atoms with Crippen molar-refractivity contribution in [1.29, 1.82) is 0 Å². The average molecular weight is 414 g/mol. The van der Waals surface area contributed by atoms with Gasteiger partial charge in [0.15, 0.2) is 23.1 Å². The molecule has 4 aliphatic carbocycles. The van der Waals surface area contributed by atoms with E-state index in [2.05, 4.69) is 0 Å². The summed E-state index contributed by atoms with van der Waals surface area (Å²) < 4.78 is 24.1. The molecule has 0 amide bonds. The monoisotopic (exact) mass is 414 g/mol. The first-order valence-corrected chi connectivity index (χ1v) is 11.0. The molecule has 0 N–H and O–H groups in total. The van der Waals surface area contributed by atoms with Crippen molar-refractivity contribution >= 4 is 11.6 Å². The number of ketones is 2. The fourth-order valence-corrected chi connectivity index (χ4v) is 7.14. The largest absolute Gasteiger partial charge is 0.350 e. The van der Waals surface area contributed by atoms with Crippen LogP contribution in [0.25, 0.3) is 0 Å². The second-order valence-corrected chi connectivity index (χ2v) is 11.5. The SMILES string of the molecule is CC1(C)OCC2(CO1)CC1=CC(=O)C34CC5(COC(C)(C)OC5)CC3=CC(=O)C14C2. The van der Waals surface area contributed by atoms with Crippen molar-refractivity contribution in [2.24, 2.45) is 21.7 Å². The average Bonchev–Trinajstić information content (AvgIpc) is 3.29. The molecular weight excluding hydrogens is 384 g/mol. The Kier molecular flexibility index (Phi) is 3.45. The lowest BCUT2D eigenvalue weighted by Crippen LogP contribution is -2.50. The molecule has 2 heterocycles. The minimum Gasteiger partial charge on any atom is -0.350 e. The van der Waals surface area contributed by atoms with E-state index in [0.29, 0.717) is 52.1 Å². The summed E-state index contributed by atoms with van der Waals surface area (Å²) in [6, 6.07) is 0. The van der Waals surface area contributed by atoms with Crippen molar-refractivity contribution in [2.45, 2.75) is 65.0 Å². The highest BCUT2D eigenvalue weighted by molar-refractivity contribution is 6.17. The molecule has 30 heavy (non-hydrogen) atoms. The van der Waals surface area contributed by atoms with Gasteiger partial charge in [-0.15, -0.1) is 0 Å². The van der Waals surface area contributed by atoms with Crippen LogP contribution in [0.2, 0.25) is 0 Å². The molecule has 162 valence electrons. The Morgan fingerprint density at radius 2 is 0.967 bits per heavy atom. The normalized spacial score (nSPS) is 41.6. The number of carbonyl (C=O) groups excluding carboxylic acids is 2. The molecule has 2 saturated carbocycles. The van der Waals surface area contributed by atoms with Crippen molar-refractivity contribution in [2.75, 3.05) is 26.4 Å². The Morgan fingerprint density at radius 3 is 1.30 bits per heavy atom. The van der Waals surface area contributed by atoms with E-state index in [1.165, 1.54) is 0 Å². The number of rotatable bonds is 0. The van der Waals surface area contributed by atoms with Gasteiger partial charge in [-0.25, -0.2) is 0 Å². The Labute approximate surface area is 176 Å². The first kappa shape index (κ1) is 19.4. The molecule has 0 radical (unpaired) electrons. The van der Waals surface area contributed by atoms with Gasteiger partial charge in [0.25, 0.3) is 0 Å². The van der Waals surface area contributed by atoms with E-state index in [4.69, 9.17) is 18.9 Å². The van der Waals surface area contributed by atoms with E-state index in [1.807, 2.05) is 27.7 Å². The van der Waals surface area contributed by atoms with Gasteiger partial charge in [-0.05, 0) is 65.5 Å². The number of ether oxygens (including phenoxy) is 4. The molecule has 2 unspecified atom stereocenters. The van der Waals surface area contributed by atoms with Crippen LogP contribution in [0.4, 0.5) is 0 Å². The van der Waals surface area contributed by atoms with Gasteiger partial charge in [-0.1, -0.05) is 11.1 Å². The summed E-state index contributed by atoms with van der Waals surface area (Å²) >= 11 is 0. The highest BCUT2D eigenvalue weighted by Crippen LogP contribution is 2.76. The third-order valence-corrected chi connectivity index (χ3v) is 8.59. The Bertz CT molecular complexity index is 843. The van der Waals surface area contributed by atoms with Gasteiger partial charge < -0.3 is 18.9 Å². The van der Waals surface area contributed by atoms with E-state index < -0.39 is 22.4 Å². The van der Waals surface area contributed by atoms with Crippen molar-refractivity contribution in [3.8, 4) is 0 Å². The summed E-state index contributed by atoms with van der Waals surface area (Å²) in [5.74, 6) is -1.01. The van der Waals surface area contributed by atoms with Gasteiger partial charge in [0.1, 0.15) is 0 Å². The van der Waals surface area contributed by atoms with Crippen LogP contribution in [0.5, 0.6) is 0 Å². The number of allylic oxidation sites excluding steroid dienone is 4. The van der Waals surface area contributed by atoms with Gasteiger partial charge in [-0.2, -0.15) is 0 Å². The fraction of sp³-hybridized carbons (Fsp3) is 0.750. The lowest BCUT2D eigenvalue weighted by Gasteiger charge is -2.45. The molecule has 6 heteroatoms. The van der Waals surface area contributed by atoms with E-state index in [-0.39, 0.29) is 22.4 Å². The highest BCUT2D eigenvalue weighted by Gasteiger charge is 2.77. The minimum absolute atomic E-state index is 0.101. The molecule has 2 aliphatic heterocycles. The summed E-state index contributed by atoms with van der Waals surface area (Å²) in [7, 11) is 0. The van der Waals surface area contributed by atoms with Crippen LogP contribution in [0, 0.1) is 21.7 Å². The van der Waals surface area contributed by atoms with Gasteiger partial charge in [0.2, 0.25) is 0 Å². The molecule has 2 atom stereocenters. The van der Waals surface area contributed by atoms with Crippen LogP contribution >= 0.6 is 0 Å². The second kappa shape index (κ2) is 5.34. The van der Waals surface area contributed by atoms with Crippen LogP contribution in [0.3, 0.4) is 0 Å². The Hall–Kier alpha value is -1.34. The lowest BCUT2D eigenvalue weighted by atomic mass is 9.59. The standard InChI is InChI=1S/C24H30O6/c1-19(2)27-11-21(12-28-19)7-15-5-18(26)24-10-22(13-29-20(3,4)30-14-22)8-16(24)6-17(25)23(15,24)9-21/h5-6H,7-14H2,1-4H3. The third-order valence-electron chi connectivity index (χ3n) is 8.59. The van der Waals surface area contributed by atoms with E-state index in [9.17, 15) is 9.59 Å². The number of hydrogen-bond acceptors (Lipinski definition) is 6. The summed E-state index contributed by atoms with van der Waals surface area (Å²) in [5.41, 5.74) is -0.0264. The first-order chi connectivity index (χ1) is 14.0. The predicted octanol–water partition coefficient (Wildman–Crippen LogP) is 3.10. The van der Waals surface area contributed by atoms with Gasteiger partial charge in [0, 0.05) is 10.8 Å². The smallest absolute Gasteiger partial charge is 0.167 e. The van der Waals surface area contributed by atoms with Gasteiger partial charge in [-0.3, -0.25) is 9.59 Å². The number of hydrogen-bond donors (Lipinski definition) is 0. The lowest BCUT2D eigenvalue weighted by molar-refractivity contribution is -0.287. The summed E-state index contributed by atoms with van der Waals surface area (Å²) in [6.07, 6.45) is 6.19. The maximum absolute atomic E-state index is 13.5. The van der Waals surface area contributed by atoms with Crippen molar-refractivity contribution in [3.63, 3.8) is 0 Å². The van der Waals surface area contributed by atoms with Crippen LogP contribution < -0.4 is 0 Å². The quantitative estimate of drug-likeness (QED) is 0.607. The van der Waals surface area contributed by atoms with E-state index >= 15 is 0 Å². The maximum Gasteiger partial charge on any atom is 0.167 e. The van der Waals surface area contributed by atoms with Crippen molar-refractivity contribution in [3.05, 3.63) is 23.3 Å². The fourth-order valence-electron chi connectivity index (χ4n) is 7.14. The molecule has 0 aromatic heterocycles. The Balaban J connectivity index is 1.38. The molecule has 6 aliphatic rings. The summed E-state index contributed by atoms with van der Waals surface area (Å²) in [4.78, 5) is 27.1. The van der Waals surface area contributed by atoms with E-state index in [0.717, 1.165) is 11.1 Å². The zero-order valence-electron chi connectivity index (χ0n) is 18.3. The summed E-state index contributed by atoms with van der Waals surface area (Å²) in [5, 5.41) is 0. The van der Waals surface area contributed by atoms with Crippen LogP contribution in [0.1, 0.15) is 53.4 Å². The van der Waals surface area contributed by atoms with Gasteiger partial charge >= 0.3 is 0 Å². The molecule has 4 fully saturated rings. The van der Waals surface area contributed by atoms with Crippen LogP contribution in [-0.4, -0.2) is 49.6 Å². The van der Waals surface area contributed by atoms with Gasteiger partial charge in [0.05, 0.1) is 37.3 Å². The van der Waals surface area contributed by atoms with Crippen molar-refractivity contribution < 1.29 is 28.5 Å². The highest BCUT2D eigenvalue weighted by atomic mass is 16.7. The third kappa shape index (κ3) is 2.18. The van der Waals surface area contributed by atoms with E-state index in [1.54, 1.807) is 12.2 Å². The zero-order valence-corrected chi connectivity index (χ0v) is 18.3. The second-order valence-electron chi connectivity index (χ2n) is 11.5. The topological polar surface area (TPSA) is 71.1 Å². The number of carbonyl (C=O) groups is 2. The van der Waals surface area contributed by atoms with Crippen LogP contribution in [-0.2, 0) is 28.5 Å². The Morgan fingerprint density at radius 1 is 0.633 bits per heavy atom. The molecule has 0 bridgehead atoms. The molecule has 0 aromatic carbocycles. The van der Waals surface area contributed by atoms with Crippen LogP contribution in [0.15, 0.2) is 23.3 Å². The predicted molar refractivity (Wildman–Crippen MR) is 106 cm³/mol. The molecule has 4 spiro atoms. The first-order valence-electron chi connectivity index (χ1n) is 11.0. The van der Waals surface area contributed by atoms with Crippen molar-refractivity contribution in [1.82, 2.24) is 0 Å².